The third kappa shape index (κ3) is 8.12. The SMILES string of the molecule is COc1ccc(CO[C@H](C[C@@H]2O[C@H]2C=O)[C@H](/C=C/[C@@H]2CC(C)=CCO2)O[Si](C)(C)C(C)(C)C)cc1. The third-order valence-corrected chi connectivity index (χ3v) is 11.7. The van der Waals surface area contributed by atoms with Crippen LogP contribution in [0.25, 0.3) is 0 Å². The van der Waals surface area contributed by atoms with Gasteiger partial charge in [-0.1, -0.05) is 56.7 Å². The predicted molar refractivity (Wildman–Crippen MR) is 140 cm³/mol. The fourth-order valence-electron chi connectivity index (χ4n) is 3.80. The number of hydrogen-bond donors (Lipinski definition) is 0. The number of carbonyl (C=O) groups excluding carboxylic acids is 1. The van der Waals surface area contributed by atoms with Crippen LogP contribution in [0, 0.1) is 0 Å². The van der Waals surface area contributed by atoms with Crippen molar-refractivity contribution in [2.24, 2.45) is 0 Å². The molecule has 0 N–H and O–H groups in total. The van der Waals surface area contributed by atoms with Gasteiger partial charge in [0.15, 0.2) is 14.6 Å². The lowest BCUT2D eigenvalue weighted by atomic mass is 10.0. The number of carbonyl (C=O) groups is 1. The van der Waals surface area contributed by atoms with Gasteiger partial charge in [-0.25, -0.2) is 0 Å². The van der Waals surface area contributed by atoms with Gasteiger partial charge in [0.05, 0.1) is 44.7 Å². The minimum absolute atomic E-state index is 0.0210. The molecule has 194 valence electrons. The summed E-state index contributed by atoms with van der Waals surface area (Å²) < 4.78 is 30.1. The van der Waals surface area contributed by atoms with E-state index in [1.54, 1.807) is 7.11 Å². The zero-order valence-corrected chi connectivity index (χ0v) is 23.3. The molecule has 0 radical (unpaired) electrons. The molecule has 0 aromatic heterocycles. The van der Waals surface area contributed by atoms with Gasteiger partial charge < -0.3 is 28.2 Å². The average molecular weight is 503 g/mol. The van der Waals surface area contributed by atoms with Gasteiger partial charge in [-0.05, 0) is 49.2 Å². The second-order valence-electron chi connectivity index (χ2n) is 11.1. The number of aldehydes is 1. The summed E-state index contributed by atoms with van der Waals surface area (Å²) in [5.74, 6) is 0.810. The van der Waals surface area contributed by atoms with Gasteiger partial charge in [0, 0.05) is 6.42 Å². The molecule has 0 unspecified atom stereocenters. The van der Waals surface area contributed by atoms with Crippen LogP contribution in [0.3, 0.4) is 0 Å². The first-order valence-corrected chi connectivity index (χ1v) is 15.4. The molecule has 5 atom stereocenters. The van der Waals surface area contributed by atoms with E-state index in [1.807, 2.05) is 24.3 Å². The summed E-state index contributed by atoms with van der Waals surface area (Å²) in [7, 11) is -0.462. The molecule has 2 aliphatic heterocycles. The Morgan fingerprint density at radius 1 is 1.20 bits per heavy atom. The van der Waals surface area contributed by atoms with E-state index in [0.717, 1.165) is 24.0 Å². The number of rotatable bonds is 12. The lowest BCUT2D eigenvalue weighted by molar-refractivity contribution is -0.108. The van der Waals surface area contributed by atoms with E-state index in [0.29, 0.717) is 19.6 Å². The molecule has 6 nitrogen and oxygen atoms in total. The Labute approximate surface area is 211 Å². The highest BCUT2D eigenvalue weighted by Crippen LogP contribution is 2.39. The first-order chi connectivity index (χ1) is 16.5. The lowest BCUT2D eigenvalue weighted by Gasteiger charge is -2.40. The molecule has 35 heavy (non-hydrogen) atoms. The number of hydrogen-bond acceptors (Lipinski definition) is 6. The summed E-state index contributed by atoms with van der Waals surface area (Å²) in [4.78, 5) is 11.3. The number of benzene rings is 1. The number of epoxide rings is 1. The zero-order chi connectivity index (χ0) is 25.6. The van der Waals surface area contributed by atoms with Crippen molar-refractivity contribution in [1.82, 2.24) is 0 Å². The maximum Gasteiger partial charge on any atom is 0.193 e. The van der Waals surface area contributed by atoms with Crippen molar-refractivity contribution in [2.75, 3.05) is 13.7 Å². The van der Waals surface area contributed by atoms with E-state index >= 15 is 0 Å². The Morgan fingerprint density at radius 3 is 2.49 bits per heavy atom. The van der Waals surface area contributed by atoms with E-state index in [1.165, 1.54) is 5.57 Å². The van der Waals surface area contributed by atoms with Gasteiger partial charge in [0.1, 0.15) is 11.9 Å². The van der Waals surface area contributed by atoms with Crippen molar-refractivity contribution in [3.05, 3.63) is 53.6 Å². The topological polar surface area (TPSA) is 66.5 Å². The molecule has 2 aliphatic rings. The Hall–Kier alpha value is -1.77. The highest BCUT2D eigenvalue weighted by molar-refractivity contribution is 6.74. The van der Waals surface area contributed by atoms with Crippen LogP contribution < -0.4 is 4.74 Å². The van der Waals surface area contributed by atoms with Crippen molar-refractivity contribution < 1.29 is 28.2 Å². The number of methoxy groups -OCH3 is 1. The molecule has 7 heteroatoms. The Morgan fingerprint density at radius 2 is 1.91 bits per heavy atom. The van der Waals surface area contributed by atoms with Crippen LogP contribution in [-0.2, 0) is 30.0 Å². The molecule has 1 aromatic rings. The molecular weight excluding hydrogens is 460 g/mol. The fourth-order valence-corrected chi connectivity index (χ4v) is 5.07. The molecule has 0 spiro atoms. The average Bonchev–Trinajstić information content (AvgIpc) is 3.57. The Kier molecular flexibility index (Phi) is 9.51. The molecule has 0 bridgehead atoms. The lowest BCUT2D eigenvalue weighted by Crippen LogP contribution is -2.47. The van der Waals surface area contributed by atoms with E-state index in [2.05, 4.69) is 59.0 Å². The normalized spacial score (nSPS) is 24.7. The van der Waals surface area contributed by atoms with Crippen molar-refractivity contribution in [2.45, 2.75) is 95.8 Å². The second kappa shape index (κ2) is 12.0. The fraction of sp³-hybridized carbons (Fsp3) is 0.607. The first kappa shape index (κ1) is 27.8. The standard InChI is InChI=1S/C28H42O6Si/c1-20-14-15-31-23(16-20)12-13-24(34-35(6,7)28(2,3)4)25(17-26-27(18-29)33-26)32-19-21-8-10-22(30-5)11-9-21/h8-14,18,23-27H,15-17,19H2,1-7H3/b13-12+/t23-,24+,25-,26+,27+/m1/s1. The van der Waals surface area contributed by atoms with E-state index in [-0.39, 0.29) is 35.6 Å². The quantitative estimate of drug-likeness (QED) is 0.160. The predicted octanol–water partition coefficient (Wildman–Crippen LogP) is 5.62. The van der Waals surface area contributed by atoms with Crippen molar-refractivity contribution in [1.29, 1.82) is 0 Å². The highest BCUT2D eigenvalue weighted by Gasteiger charge is 2.45. The van der Waals surface area contributed by atoms with E-state index < -0.39 is 8.32 Å². The van der Waals surface area contributed by atoms with Crippen LogP contribution in [0.15, 0.2) is 48.1 Å². The van der Waals surface area contributed by atoms with Gasteiger partial charge in [0.2, 0.25) is 0 Å². The molecule has 0 amide bonds. The van der Waals surface area contributed by atoms with Crippen LogP contribution in [-0.4, -0.2) is 58.8 Å². The summed E-state index contributed by atoms with van der Waals surface area (Å²) in [6.07, 6.45) is 7.68. The maximum absolute atomic E-state index is 11.3. The third-order valence-electron chi connectivity index (χ3n) is 7.23. The van der Waals surface area contributed by atoms with Crippen molar-refractivity contribution in [3.8, 4) is 5.75 Å². The van der Waals surface area contributed by atoms with Crippen LogP contribution in [0.5, 0.6) is 5.75 Å². The Bertz CT molecular complexity index is 886. The van der Waals surface area contributed by atoms with Gasteiger partial charge in [-0.15, -0.1) is 0 Å². The van der Waals surface area contributed by atoms with E-state index in [4.69, 9.17) is 23.4 Å². The molecule has 1 fully saturated rings. The summed E-state index contributed by atoms with van der Waals surface area (Å²) >= 11 is 0. The monoisotopic (exact) mass is 502 g/mol. The van der Waals surface area contributed by atoms with Gasteiger partial charge >= 0.3 is 0 Å². The molecular formula is C28H42O6Si. The van der Waals surface area contributed by atoms with Crippen LogP contribution in [0.1, 0.15) is 46.1 Å². The molecule has 0 saturated carbocycles. The van der Waals surface area contributed by atoms with Crippen LogP contribution in [0.2, 0.25) is 18.1 Å². The maximum atomic E-state index is 11.3. The summed E-state index contributed by atoms with van der Waals surface area (Å²) in [6.45, 7) is 14.4. The summed E-state index contributed by atoms with van der Waals surface area (Å²) in [5.41, 5.74) is 2.38. The molecule has 1 saturated heterocycles. The van der Waals surface area contributed by atoms with Crippen LogP contribution in [0.4, 0.5) is 0 Å². The molecule has 1 aromatic carbocycles. The number of ether oxygens (including phenoxy) is 4. The van der Waals surface area contributed by atoms with Gasteiger partial charge in [-0.3, -0.25) is 0 Å². The molecule has 0 aliphatic carbocycles. The van der Waals surface area contributed by atoms with Crippen molar-refractivity contribution in [3.63, 3.8) is 0 Å². The highest BCUT2D eigenvalue weighted by atomic mass is 28.4. The molecule has 2 heterocycles. The minimum Gasteiger partial charge on any atom is -0.497 e. The van der Waals surface area contributed by atoms with Gasteiger partial charge in [-0.2, -0.15) is 0 Å². The van der Waals surface area contributed by atoms with E-state index in [9.17, 15) is 4.79 Å². The van der Waals surface area contributed by atoms with Crippen molar-refractivity contribution >= 4 is 14.6 Å². The smallest absolute Gasteiger partial charge is 0.193 e. The second-order valence-corrected chi connectivity index (χ2v) is 15.8. The van der Waals surface area contributed by atoms with Crippen LogP contribution >= 0.6 is 0 Å². The summed E-state index contributed by atoms with van der Waals surface area (Å²) in [6, 6.07) is 7.87. The Balaban J connectivity index is 1.82. The first-order valence-electron chi connectivity index (χ1n) is 12.5. The molecule has 3 rings (SSSR count). The van der Waals surface area contributed by atoms with Gasteiger partial charge in [0.25, 0.3) is 0 Å². The minimum atomic E-state index is -2.12. The summed E-state index contributed by atoms with van der Waals surface area (Å²) in [5, 5.41) is 0.0434. The largest absolute Gasteiger partial charge is 0.497 e. The zero-order valence-electron chi connectivity index (χ0n) is 22.3.